The number of aromatic hydroxyl groups is 1. The molecule has 19 heavy (non-hydrogen) atoms. The molecule has 4 nitrogen and oxygen atoms in total. The number of hydrogen-bond acceptors (Lipinski definition) is 3. The third-order valence-electron chi connectivity index (χ3n) is 3.05. The minimum absolute atomic E-state index is 0.248. The Morgan fingerprint density at radius 3 is 2.89 bits per heavy atom. The van der Waals surface area contributed by atoms with E-state index in [0.717, 1.165) is 35.5 Å². The molecule has 0 aliphatic carbocycles. The smallest absolute Gasteiger partial charge is 0.164 e. The molecule has 2 aromatic heterocycles. The molecular formula is C15H15N3O. The Morgan fingerprint density at radius 2 is 2.11 bits per heavy atom. The Bertz CT molecular complexity index is 718. The normalized spacial score (nSPS) is 11.0. The highest BCUT2D eigenvalue weighted by Crippen LogP contribution is 2.23. The van der Waals surface area contributed by atoms with E-state index in [-0.39, 0.29) is 5.75 Å². The fourth-order valence-electron chi connectivity index (χ4n) is 2.25. The van der Waals surface area contributed by atoms with Crippen molar-refractivity contribution in [3.8, 4) is 11.4 Å². The topological polar surface area (TPSA) is 50.9 Å². The largest absolute Gasteiger partial charge is 0.508 e. The molecule has 96 valence electrons. The van der Waals surface area contributed by atoms with E-state index in [4.69, 9.17) is 0 Å². The van der Waals surface area contributed by atoms with Crippen LogP contribution in [0.1, 0.15) is 19.2 Å². The fraction of sp³-hybridized carbons (Fsp3) is 0.200. The van der Waals surface area contributed by atoms with Crippen LogP contribution in [0.2, 0.25) is 0 Å². The highest BCUT2D eigenvalue weighted by atomic mass is 16.3. The number of aromatic nitrogens is 3. The summed E-state index contributed by atoms with van der Waals surface area (Å²) in [7, 11) is 0. The minimum Gasteiger partial charge on any atom is -0.508 e. The number of hydrogen-bond donors (Lipinski definition) is 1. The lowest BCUT2D eigenvalue weighted by molar-refractivity contribution is 0.475. The molecular weight excluding hydrogens is 238 g/mol. The standard InChI is InChI=1S/C15H15N3O/c1-2-5-14-17-13-8-4-9-16-15(13)18(14)11-6-3-7-12(19)10-11/h3-4,6-10,19H,2,5H2,1H3. The van der Waals surface area contributed by atoms with Gasteiger partial charge in [-0.05, 0) is 30.7 Å². The van der Waals surface area contributed by atoms with E-state index in [9.17, 15) is 5.11 Å². The second kappa shape index (κ2) is 4.72. The second-order valence-corrected chi connectivity index (χ2v) is 4.48. The van der Waals surface area contributed by atoms with Crippen molar-refractivity contribution in [1.82, 2.24) is 14.5 Å². The van der Waals surface area contributed by atoms with Gasteiger partial charge >= 0.3 is 0 Å². The number of fused-ring (bicyclic) bond motifs is 1. The zero-order valence-electron chi connectivity index (χ0n) is 10.7. The first-order valence-electron chi connectivity index (χ1n) is 6.41. The first-order valence-corrected chi connectivity index (χ1v) is 6.41. The Hall–Kier alpha value is -2.36. The lowest BCUT2D eigenvalue weighted by atomic mass is 10.2. The summed E-state index contributed by atoms with van der Waals surface area (Å²) in [6, 6.07) is 11.0. The van der Waals surface area contributed by atoms with Crippen molar-refractivity contribution in [1.29, 1.82) is 0 Å². The zero-order valence-corrected chi connectivity index (χ0v) is 10.7. The molecule has 0 radical (unpaired) electrons. The molecule has 4 heteroatoms. The van der Waals surface area contributed by atoms with E-state index in [0.29, 0.717) is 0 Å². The van der Waals surface area contributed by atoms with E-state index >= 15 is 0 Å². The van der Waals surface area contributed by atoms with Crippen LogP contribution < -0.4 is 0 Å². The Morgan fingerprint density at radius 1 is 1.21 bits per heavy atom. The number of phenols is 1. The van der Waals surface area contributed by atoms with Gasteiger partial charge in [0.1, 0.15) is 17.1 Å². The lowest BCUT2D eigenvalue weighted by Crippen LogP contribution is -2.01. The van der Waals surface area contributed by atoms with Gasteiger partial charge in [0, 0.05) is 18.7 Å². The van der Waals surface area contributed by atoms with E-state index in [2.05, 4.69) is 16.9 Å². The van der Waals surface area contributed by atoms with Gasteiger partial charge in [0.05, 0.1) is 5.69 Å². The van der Waals surface area contributed by atoms with Gasteiger partial charge in [-0.25, -0.2) is 9.97 Å². The third-order valence-corrected chi connectivity index (χ3v) is 3.05. The van der Waals surface area contributed by atoms with Crippen LogP contribution in [0.25, 0.3) is 16.9 Å². The van der Waals surface area contributed by atoms with E-state index in [1.54, 1.807) is 18.3 Å². The molecule has 0 bridgehead atoms. The maximum absolute atomic E-state index is 9.65. The minimum atomic E-state index is 0.248. The Balaban J connectivity index is 2.28. The SMILES string of the molecule is CCCc1nc2cccnc2n1-c1cccc(O)c1. The number of benzene rings is 1. The van der Waals surface area contributed by atoms with Crippen molar-refractivity contribution in [2.24, 2.45) is 0 Å². The molecule has 0 saturated carbocycles. The van der Waals surface area contributed by atoms with Crippen molar-refractivity contribution in [3.63, 3.8) is 0 Å². The van der Waals surface area contributed by atoms with Gasteiger partial charge < -0.3 is 5.11 Å². The average Bonchev–Trinajstić information content (AvgIpc) is 2.77. The molecule has 3 aromatic rings. The van der Waals surface area contributed by atoms with Crippen LogP contribution in [0.3, 0.4) is 0 Å². The fourth-order valence-corrected chi connectivity index (χ4v) is 2.25. The van der Waals surface area contributed by atoms with E-state index in [1.807, 2.05) is 28.8 Å². The molecule has 1 N–H and O–H groups in total. The third kappa shape index (κ3) is 2.05. The lowest BCUT2D eigenvalue weighted by Gasteiger charge is -2.08. The van der Waals surface area contributed by atoms with Gasteiger partial charge in [-0.1, -0.05) is 13.0 Å². The van der Waals surface area contributed by atoms with Gasteiger partial charge in [-0.15, -0.1) is 0 Å². The van der Waals surface area contributed by atoms with Crippen molar-refractivity contribution < 1.29 is 5.11 Å². The van der Waals surface area contributed by atoms with Gasteiger partial charge in [0.15, 0.2) is 5.65 Å². The Labute approximate surface area is 111 Å². The highest BCUT2D eigenvalue weighted by Gasteiger charge is 2.12. The van der Waals surface area contributed by atoms with Crippen molar-refractivity contribution in [2.45, 2.75) is 19.8 Å². The zero-order chi connectivity index (χ0) is 13.2. The number of aryl methyl sites for hydroxylation is 1. The molecule has 0 aliphatic rings. The van der Waals surface area contributed by atoms with Crippen LogP contribution in [0.15, 0.2) is 42.6 Å². The second-order valence-electron chi connectivity index (χ2n) is 4.48. The van der Waals surface area contributed by atoms with Gasteiger partial charge in [0.2, 0.25) is 0 Å². The predicted octanol–water partition coefficient (Wildman–Crippen LogP) is 3.08. The number of rotatable bonds is 3. The molecule has 0 aliphatic heterocycles. The maximum atomic E-state index is 9.65. The van der Waals surface area contributed by atoms with Crippen LogP contribution in [0.5, 0.6) is 5.75 Å². The highest BCUT2D eigenvalue weighted by molar-refractivity contribution is 5.73. The number of imidazole rings is 1. The van der Waals surface area contributed by atoms with Gasteiger partial charge in [-0.2, -0.15) is 0 Å². The number of nitrogens with zero attached hydrogens (tertiary/aromatic N) is 3. The summed E-state index contributed by atoms with van der Waals surface area (Å²) in [5.74, 6) is 1.22. The molecule has 0 fully saturated rings. The summed E-state index contributed by atoms with van der Waals surface area (Å²) in [4.78, 5) is 9.04. The monoisotopic (exact) mass is 253 g/mol. The molecule has 3 rings (SSSR count). The van der Waals surface area contributed by atoms with Crippen LogP contribution >= 0.6 is 0 Å². The van der Waals surface area contributed by atoms with Crippen molar-refractivity contribution >= 4 is 11.2 Å². The average molecular weight is 253 g/mol. The quantitative estimate of drug-likeness (QED) is 0.780. The molecule has 1 aromatic carbocycles. The van der Waals surface area contributed by atoms with Crippen LogP contribution in [0, 0.1) is 0 Å². The van der Waals surface area contributed by atoms with E-state index in [1.165, 1.54) is 0 Å². The molecule has 0 saturated heterocycles. The first-order chi connectivity index (χ1) is 9.29. The molecule has 2 heterocycles. The van der Waals surface area contributed by atoms with Crippen molar-refractivity contribution in [3.05, 3.63) is 48.4 Å². The molecule has 0 unspecified atom stereocenters. The molecule has 0 atom stereocenters. The summed E-state index contributed by atoms with van der Waals surface area (Å²) in [6.07, 6.45) is 3.66. The molecule has 0 amide bonds. The Kier molecular flexibility index (Phi) is 2.91. The van der Waals surface area contributed by atoms with Crippen LogP contribution in [0.4, 0.5) is 0 Å². The van der Waals surface area contributed by atoms with Gasteiger partial charge in [-0.3, -0.25) is 4.57 Å². The predicted molar refractivity (Wildman–Crippen MR) is 74.5 cm³/mol. The first kappa shape index (κ1) is 11.7. The molecule has 0 spiro atoms. The summed E-state index contributed by atoms with van der Waals surface area (Å²) in [6.45, 7) is 2.12. The number of phenolic OH excluding ortho intramolecular Hbond substituents is 1. The number of pyridine rings is 1. The van der Waals surface area contributed by atoms with Gasteiger partial charge in [0.25, 0.3) is 0 Å². The van der Waals surface area contributed by atoms with Crippen molar-refractivity contribution in [2.75, 3.05) is 0 Å². The summed E-state index contributed by atoms with van der Waals surface area (Å²) >= 11 is 0. The summed E-state index contributed by atoms with van der Waals surface area (Å²) in [5.41, 5.74) is 2.61. The van der Waals surface area contributed by atoms with Crippen LogP contribution in [-0.4, -0.2) is 19.6 Å². The van der Waals surface area contributed by atoms with Crippen LogP contribution in [-0.2, 0) is 6.42 Å². The van der Waals surface area contributed by atoms with E-state index < -0.39 is 0 Å². The summed E-state index contributed by atoms with van der Waals surface area (Å²) in [5, 5.41) is 9.65. The summed E-state index contributed by atoms with van der Waals surface area (Å²) < 4.78 is 2.01. The maximum Gasteiger partial charge on any atom is 0.164 e.